The van der Waals surface area contributed by atoms with Crippen LogP contribution in [0, 0.1) is 0 Å². The third-order valence-electron chi connectivity index (χ3n) is 5.39. The van der Waals surface area contributed by atoms with E-state index in [9.17, 15) is 9.59 Å². The first kappa shape index (κ1) is 24.5. The first-order valence-electron chi connectivity index (χ1n) is 11.3. The summed E-state index contributed by atoms with van der Waals surface area (Å²) in [7, 11) is 3.06. The van der Waals surface area contributed by atoms with E-state index in [4.69, 9.17) is 23.9 Å². The highest BCUT2D eigenvalue weighted by Gasteiger charge is 2.15. The van der Waals surface area contributed by atoms with Crippen molar-refractivity contribution < 1.29 is 28.5 Å². The van der Waals surface area contributed by atoms with Gasteiger partial charge in [-0.3, -0.25) is 4.79 Å². The van der Waals surface area contributed by atoms with Crippen LogP contribution in [0.1, 0.15) is 17.3 Å². The summed E-state index contributed by atoms with van der Waals surface area (Å²) in [6.07, 6.45) is 0. The molecule has 0 spiro atoms. The van der Waals surface area contributed by atoms with E-state index >= 15 is 0 Å². The molecule has 1 amide bonds. The number of pyridine rings is 1. The van der Waals surface area contributed by atoms with Crippen LogP contribution in [0.5, 0.6) is 17.2 Å². The SMILES string of the molecule is CCOC(=O)c1ccc2nc(-c3ccccc3)cc(OCC(=O)Nc3cc(OC)ccc3OC)c2c1. The van der Waals surface area contributed by atoms with Crippen LogP contribution in [-0.2, 0) is 9.53 Å². The summed E-state index contributed by atoms with van der Waals surface area (Å²) in [5.41, 5.74) is 3.02. The number of methoxy groups -OCH3 is 2. The zero-order valence-electron chi connectivity index (χ0n) is 20.2. The van der Waals surface area contributed by atoms with Gasteiger partial charge in [-0.05, 0) is 37.3 Å². The maximum absolute atomic E-state index is 12.8. The van der Waals surface area contributed by atoms with Gasteiger partial charge in [0.1, 0.15) is 17.2 Å². The molecule has 0 aliphatic carbocycles. The van der Waals surface area contributed by atoms with Gasteiger partial charge in [-0.25, -0.2) is 9.78 Å². The van der Waals surface area contributed by atoms with Crippen molar-refractivity contribution >= 4 is 28.5 Å². The van der Waals surface area contributed by atoms with Gasteiger partial charge in [0.15, 0.2) is 6.61 Å². The average molecular weight is 487 g/mol. The number of anilines is 1. The normalized spacial score (nSPS) is 10.5. The highest BCUT2D eigenvalue weighted by Crippen LogP contribution is 2.32. The molecule has 0 aliphatic heterocycles. The smallest absolute Gasteiger partial charge is 0.338 e. The Hall–Kier alpha value is -4.59. The van der Waals surface area contributed by atoms with Gasteiger partial charge in [0.25, 0.3) is 5.91 Å². The predicted molar refractivity (Wildman–Crippen MR) is 137 cm³/mol. The second kappa shape index (κ2) is 11.2. The largest absolute Gasteiger partial charge is 0.497 e. The molecule has 1 aromatic heterocycles. The number of hydrogen-bond acceptors (Lipinski definition) is 7. The van der Waals surface area contributed by atoms with E-state index in [2.05, 4.69) is 5.32 Å². The number of esters is 1. The van der Waals surface area contributed by atoms with Crippen LogP contribution in [-0.4, -0.2) is 44.3 Å². The Labute approximate surface area is 208 Å². The number of carbonyl (C=O) groups excluding carboxylic acids is 2. The minimum Gasteiger partial charge on any atom is -0.497 e. The summed E-state index contributed by atoms with van der Waals surface area (Å²) in [6.45, 7) is 1.73. The first-order valence-corrected chi connectivity index (χ1v) is 11.3. The van der Waals surface area contributed by atoms with Gasteiger partial charge in [-0.1, -0.05) is 30.3 Å². The molecule has 0 saturated carbocycles. The molecular weight excluding hydrogens is 460 g/mol. The molecule has 4 rings (SSSR count). The minimum atomic E-state index is -0.444. The maximum atomic E-state index is 12.8. The lowest BCUT2D eigenvalue weighted by atomic mass is 10.1. The van der Waals surface area contributed by atoms with Gasteiger partial charge in [-0.15, -0.1) is 0 Å². The third-order valence-corrected chi connectivity index (χ3v) is 5.39. The number of ether oxygens (including phenoxy) is 4. The van der Waals surface area contributed by atoms with E-state index in [-0.39, 0.29) is 13.2 Å². The molecular formula is C28H26N2O6. The molecule has 0 atom stereocenters. The quantitative estimate of drug-likeness (QED) is 0.328. The second-order valence-corrected chi connectivity index (χ2v) is 7.73. The molecule has 0 bridgehead atoms. The third kappa shape index (κ3) is 5.55. The lowest BCUT2D eigenvalue weighted by Crippen LogP contribution is -2.20. The van der Waals surface area contributed by atoms with Crippen molar-refractivity contribution in [2.24, 2.45) is 0 Å². The molecule has 0 unspecified atom stereocenters. The van der Waals surface area contributed by atoms with Crippen LogP contribution in [0.4, 0.5) is 5.69 Å². The van der Waals surface area contributed by atoms with Gasteiger partial charge >= 0.3 is 5.97 Å². The van der Waals surface area contributed by atoms with Crippen LogP contribution in [0.25, 0.3) is 22.2 Å². The molecule has 0 fully saturated rings. The topological polar surface area (TPSA) is 96.0 Å². The monoisotopic (exact) mass is 486 g/mol. The fourth-order valence-electron chi connectivity index (χ4n) is 3.65. The Bertz CT molecular complexity index is 1390. The van der Waals surface area contributed by atoms with Gasteiger partial charge in [0.2, 0.25) is 0 Å². The van der Waals surface area contributed by atoms with Crippen molar-refractivity contribution in [1.82, 2.24) is 4.98 Å². The predicted octanol–water partition coefficient (Wildman–Crippen LogP) is 5.11. The average Bonchev–Trinajstić information content (AvgIpc) is 2.91. The van der Waals surface area contributed by atoms with Crippen LogP contribution in [0.15, 0.2) is 72.8 Å². The number of aromatic nitrogens is 1. The molecule has 8 heteroatoms. The highest BCUT2D eigenvalue weighted by atomic mass is 16.5. The summed E-state index contributed by atoms with van der Waals surface area (Å²) in [5, 5.41) is 3.38. The molecule has 36 heavy (non-hydrogen) atoms. The molecule has 0 radical (unpaired) electrons. The van der Waals surface area contributed by atoms with Crippen LogP contribution in [0.3, 0.4) is 0 Å². The van der Waals surface area contributed by atoms with E-state index in [1.165, 1.54) is 7.11 Å². The summed E-state index contributed by atoms with van der Waals surface area (Å²) < 4.78 is 21.6. The zero-order valence-corrected chi connectivity index (χ0v) is 20.2. The van der Waals surface area contributed by atoms with E-state index in [0.29, 0.717) is 45.1 Å². The Morgan fingerprint density at radius 1 is 0.889 bits per heavy atom. The van der Waals surface area contributed by atoms with Gasteiger partial charge in [0.05, 0.1) is 43.3 Å². The molecule has 184 valence electrons. The Balaban J connectivity index is 1.65. The molecule has 1 heterocycles. The summed E-state index contributed by atoms with van der Waals surface area (Å²) in [6, 6.07) is 21.5. The number of fused-ring (bicyclic) bond motifs is 1. The van der Waals surface area contributed by atoms with Crippen molar-refractivity contribution in [1.29, 1.82) is 0 Å². The fourth-order valence-corrected chi connectivity index (χ4v) is 3.65. The molecule has 0 aliphatic rings. The number of carbonyl (C=O) groups is 2. The summed E-state index contributed by atoms with van der Waals surface area (Å²) >= 11 is 0. The number of nitrogens with one attached hydrogen (secondary N) is 1. The maximum Gasteiger partial charge on any atom is 0.338 e. The van der Waals surface area contributed by atoms with E-state index < -0.39 is 11.9 Å². The van der Waals surface area contributed by atoms with Crippen LogP contribution in [0.2, 0.25) is 0 Å². The van der Waals surface area contributed by atoms with Crippen LogP contribution >= 0.6 is 0 Å². The van der Waals surface area contributed by atoms with Gasteiger partial charge < -0.3 is 24.3 Å². The number of nitrogens with zero attached hydrogens (tertiary/aromatic N) is 1. The summed E-state index contributed by atoms with van der Waals surface area (Å²) in [5.74, 6) is 0.641. The Morgan fingerprint density at radius 3 is 2.42 bits per heavy atom. The highest BCUT2D eigenvalue weighted by molar-refractivity contribution is 5.98. The number of hydrogen-bond donors (Lipinski definition) is 1. The van der Waals surface area contributed by atoms with E-state index in [1.54, 1.807) is 56.5 Å². The standard InChI is InChI=1S/C28H26N2O6/c1-4-35-28(32)19-10-12-22-21(14-19)26(16-23(29-22)18-8-6-5-7-9-18)36-17-27(31)30-24-15-20(33-2)11-13-25(24)34-3/h5-16H,4,17H2,1-3H3,(H,30,31). The van der Waals surface area contributed by atoms with Crippen molar-refractivity contribution in [2.45, 2.75) is 6.92 Å². The fraction of sp³-hybridized carbons (Fsp3) is 0.179. The first-order chi connectivity index (χ1) is 17.5. The minimum absolute atomic E-state index is 0.263. The second-order valence-electron chi connectivity index (χ2n) is 7.73. The lowest BCUT2D eigenvalue weighted by molar-refractivity contribution is -0.118. The Morgan fingerprint density at radius 2 is 1.69 bits per heavy atom. The zero-order chi connectivity index (χ0) is 25.5. The van der Waals surface area contributed by atoms with Crippen molar-refractivity contribution in [3.05, 3.63) is 78.4 Å². The number of amides is 1. The van der Waals surface area contributed by atoms with E-state index in [0.717, 1.165) is 5.56 Å². The number of rotatable bonds is 9. The van der Waals surface area contributed by atoms with Crippen LogP contribution < -0.4 is 19.5 Å². The molecule has 0 saturated heterocycles. The molecule has 4 aromatic rings. The van der Waals surface area contributed by atoms with Crippen molar-refractivity contribution in [3.63, 3.8) is 0 Å². The lowest BCUT2D eigenvalue weighted by Gasteiger charge is -2.14. The van der Waals surface area contributed by atoms with E-state index in [1.807, 2.05) is 30.3 Å². The summed E-state index contributed by atoms with van der Waals surface area (Å²) in [4.78, 5) is 29.8. The van der Waals surface area contributed by atoms with Crippen molar-refractivity contribution in [2.75, 3.05) is 32.8 Å². The Kier molecular flexibility index (Phi) is 7.65. The number of benzene rings is 3. The van der Waals surface area contributed by atoms with Crippen molar-refractivity contribution in [3.8, 4) is 28.5 Å². The molecule has 8 nitrogen and oxygen atoms in total. The molecule has 3 aromatic carbocycles. The molecule has 1 N–H and O–H groups in total. The van der Waals surface area contributed by atoms with Gasteiger partial charge in [0, 0.05) is 23.1 Å². The van der Waals surface area contributed by atoms with Gasteiger partial charge in [-0.2, -0.15) is 0 Å².